The number of hydrogen-bond acceptors (Lipinski definition) is 3. The highest BCUT2D eigenvalue weighted by atomic mass is 16.2. The number of hydrogen-bond donors (Lipinski definition) is 1. The van der Waals surface area contributed by atoms with Crippen LogP contribution in [-0.2, 0) is 4.79 Å². The van der Waals surface area contributed by atoms with E-state index < -0.39 is 0 Å². The monoisotopic (exact) mass is 428 g/mol. The zero-order valence-corrected chi connectivity index (χ0v) is 17.6. The van der Waals surface area contributed by atoms with E-state index in [2.05, 4.69) is 5.32 Å². The largest absolute Gasteiger partial charge is 0.332 e. The van der Waals surface area contributed by atoms with Gasteiger partial charge < -0.3 is 15.1 Å². The van der Waals surface area contributed by atoms with Crippen molar-refractivity contribution in [3.63, 3.8) is 0 Å². The topological polar surface area (TPSA) is 73.0 Å². The SMILES string of the molecule is O=C(Nc1cccc2ccccc12)N1CCC(N2CC(=O)N(c3ccccc3)C2=O)CC1. The summed E-state index contributed by atoms with van der Waals surface area (Å²) in [4.78, 5) is 43.0. The molecule has 5 rings (SSSR count). The van der Waals surface area contributed by atoms with Gasteiger partial charge in [-0.15, -0.1) is 0 Å². The molecule has 0 radical (unpaired) electrons. The summed E-state index contributed by atoms with van der Waals surface area (Å²) in [6.45, 7) is 1.15. The Morgan fingerprint density at radius 1 is 0.844 bits per heavy atom. The normalized spacial score (nSPS) is 17.3. The Morgan fingerprint density at radius 2 is 1.53 bits per heavy atom. The predicted octanol–water partition coefficient (Wildman–Crippen LogP) is 4.30. The lowest BCUT2D eigenvalue weighted by atomic mass is 10.0. The Kier molecular flexibility index (Phi) is 5.23. The average Bonchev–Trinajstić information content (AvgIpc) is 3.13. The zero-order valence-electron chi connectivity index (χ0n) is 17.6. The van der Waals surface area contributed by atoms with E-state index in [1.165, 1.54) is 4.90 Å². The predicted molar refractivity (Wildman–Crippen MR) is 124 cm³/mol. The molecule has 3 aromatic carbocycles. The van der Waals surface area contributed by atoms with Crippen molar-refractivity contribution >= 4 is 40.1 Å². The van der Waals surface area contributed by atoms with E-state index in [1.54, 1.807) is 21.9 Å². The van der Waals surface area contributed by atoms with E-state index in [9.17, 15) is 14.4 Å². The molecule has 3 aromatic rings. The fourth-order valence-corrected chi connectivity index (χ4v) is 4.55. The number of para-hydroxylation sites is 1. The fraction of sp³-hybridized carbons (Fsp3) is 0.240. The van der Waals surface area contributed by atoms with E-state index in [4.69, 9.17) is 0 Å². The molecule has 2 aliphatic heterocycles. The maximum atomic E-state index is 12.9. The van der Waals surface area contributed by atoms with Gasteiger partial charge in [0.15, 0.2) is 0 Å². The van der Waals surface area contributed by atoms with Gasteiger partial charge in [0, 0.05) is 24.5 Å². The minimum Gasteiger partial charge on any atom is -0.324 e. The number of urea groups is 2. The van der Waals surface area contributed by atoms with Crippen LogP contribution in [0.15, 0.2) is 72.8 Å². The molecule has 0 aromatic heterocycles. The minimum absolute atomic E-state index is 0.0539. The number of anilines is 2. The quantitative estimate of drug-likeness (QED) is 0.632. The first-order chi connectivity index (χ1) is 15.6. The molecule has 0 spiro atoms. The summed E-state index contributed by atoms with van der Waals surface area (Å²) in [5.41, 5.74) is 1.38. The molecule has 0 unspecified atom stereocenters. The number of benzene rings is 3. The highest BCUT2D eigenvalue weighted by molar-refractivity contribution is 6.19. The van der Waals surface area contributed by atoms with Crippen molar-refractivity contribution in [2.24, 2.45) is 0 Å². The number of nitrogens with zero attached hydrogens (tertiary/aromatic N) is 3. The van der Waals surface area contributed by atoms with Gasteiger partial charge in [-0.05, 0) is 36.4 Å². The molecule has 5 amide bonds. The van der Waals surface area contributed by atoms with Crippen LogP contribution in [-0.4, -0.2) is 53.4 Å². The molecule has 2 saturated heterocycles. The van der Waals surface area contributed by atoms with E-state index in [1.807, 2.05) is 60.7 Å². The molecular formula is C25H24N4O3. The van der Waals surface area contributed by atoms with Gasteiger partial charge in [-0.3, -0.25) is 4.79 Å². The summed E-state index contributed by atoms with van der Waals surface area (Å²) >= 11 is 0. The summed E-state index contributed by atoms with van der Waals surface area (Å²) in [5, 5.41) is 5.10. The van der Waals surface area contributed by atoms with Crippen molar-refractivity contribution in [2.45, 2.75) is 18.9 Å². The van der Waals surface area contributed by atoms with Crippen LogP contribution in [0.25, 0.3) is 10.8 Å². The van der Waals surface area contributed by atoms with Crippen molar-refractivity contribution in [2.75, 3.05) is 29.9 Å². The number of rotatable bonds is 3. The Hall–Kier alpha value is -3.87. The highest BCUT2D eigenvalue weighted by Gasteiger charge is 2.41. The lowest BCUT2D eigenvalue weighted by molar-refractivity contribution is -0.116. The van der Waals surface area contributed by atoms with E-state index in [0.717, 1.165) is 16.5 Å². The Labute approximate surface area is 186 Å². The number of amides is 5. The molecule has 162 valence electrons. The number of fused-ring (bicyclic) bond motifs is 1. The third kappa shape index (κ3) is 3.66. The summed E-state index contributed by atoms with van der Waals surface area (Å²) in [6, 6.07) is 22.3. The Morgan fingerprint density at radius 3 is 2.31 bits per heavy atom. The molecule has 0 aliphatic carbocycles. The van der Waals surface area contributed by atoms with Crippen molar-refractivity contribution in [3.8, 4) is 0 Å². The van der Waals surface area contributed by atoms with Crippen LogP contribution in [0.1, 0.15) is 12.8 Å². The van der Waals surface area contributed by atoms with Gasteiger partial charge in [-0.2, -0.15) is 0 Å². The maximum absolute atomic E-state index is 12.9. The van der Waals surface area contributed by atoms with Crippen LogP contribution in [0, 0.1) is 0 Å². The molecule has 2 aliphatic rings. The van der Waals surface area contributed by atoms with Crippen molar-refractivity contribution in [3.05, 3.63) is 72.8 Å². The van der Waals surface area contributed by atoms with Crippen molar-refractivity contribution in [1.29, 1.82) is 0 Å². The molecule has 32 heavy (non-hydrogen) atoms. The van der Waals surface area contributed by atoms with Crippen LogP contribution >= 0.6 is 0 Å². The first-order valence-electron chi connectivity index (χ1n) is 10.8. The van der Waals surface area contributed by atoms with Gasteiger partial charge in [0.05, 0.1) is 11.4 Å². The Bertz CT molecular complexity index is 1170. The second kappa shape index (κ2) is 8.34. The zero-order chi connectivity index (χ0) is 22.1. The summed E-state index contributed by atoms with van der Waals surface area (Å²) in [6.07, 6.45) is 1.29. The van der Waals surface area contributed by atoms with Crippen LogP contribution in [0.3, 0.4) is 0 Å². The molecule has 1 N–H and O–H groups in total. The number of piperidine rings is 1. The number of carbonyl (C=O) groups excluding carboxylic acids is 3. The maximum Gasteiger partial charge on any atom is 0.332 e. The van der Waals surface area contributed by atoms with Crippen LogP contribution in [0.2, 0.25) is 0 Å². The third-order valence-electron chi connectivity index (χ3n) is 6.23. The first-order valence-corrected chi connectivity index (χ1v) is 10.8. The van der Waals surface area contributed by atoms with Gasteiger partial charge in [0.25, 0.3) is 5.91 Å². The smallest absolute Gasteiger partial charge is 0.324 e. The lowest BCUT2D eigenvalue weighted by Crippen LogP contribution is -2.49. The first kappa shape index (κ1) is 20.1. The second-order valence-electron chi connectivity index (χ2n) is 8.15. The van der Waals surface area contributed by atoms with Crippen LogP contribution < -0.4 is 10.2 Å². The molecule has 7 nitrogen and oxygen atoms in total. The van der Waals surface area contributed by atoms with E-state index in [-0.39, 0.29) is 30.6 Å². The fourth-order valence-electron chi connectivity index (χ4n) is 4.55. The van der Waals surface area contributed by atoms with Crippen LogP contribution in [0.4, 0.5) is 21.0 Å². The number of imide groups is 1. The molecule has 0 saturated carbocycles. The standard InChI is InChI=1S/C25H24N4O3/c30-23-17-28(25(32)29(23)20-9-2-1-3-10-20)19-13-15-27(16-14-19)24(31)26-22-12-6-8-18-7-4-5-11-21(18)22/h1-12,19H,13-17H2,(H,26,31). The summed E-state index contributed by atoms with van der Waals surface area (Å²) < 4.78 is 0. The molecule has 0 atom stereocenters. The molecule has 0 bridgehead atoms. The van der Waals surface area contributed by atoms with Gasteiger partial charge in [0.2, 0.25) is 0 Å². The number of nitrogens with one attached hydrogen (secondary N) is 1. The highest BCUT2D eigenvalue weighted by Crippen LogP contribution is 2.27. The second-order valence-corrected chi connectivity index (χ2v) is 8.15. The van der Waals surface area contributed by atoms with Gasteiger partial charge >= 0.3 is 12.1 Å². The van der Waals surface area contributed by atoms with Gasteiger partial charge in [-0.25, -0.2) is 14.5 Å². The molecule has 7 heteroatoms. The van der Waals surface area contributed by atoms with E-state index >= 15 is 0 Å². The number of likely N-dealkylation sites (tertiary alicyclic amines) is 1. The molecule has 2 fully saturated rings. The molecular weight excluding hydrogens is 404 g/mol. The lowest BCUT2D eigenvalue weighted by Gasteiger charge is -2.36. The third-order valence-corrected chi connectivity index (χ3v) is 6.23. The van der Waals surface area contributed by atoms with Crippen molar-refractivity contribution in [1.82, 2.24) is 9.80 Å². The summed E-state index contributed by atoms with van der Waals surface area (Å²) in [5.74, 6) is -0.211. The summed E-state index contributed by atoms with van der Waals surface area (Å²) in [7, 11) is 0. The minimum atomic E-state index is -0.278. The van der Waals surface area contributed by atoms with Crippen molar-refractivity contribution < 1.29 is 14.4 Å². The Balaban J connectivity index is 1.22. The van der Waals surface area contributed by atoms with Crippen LogP contribution in [0.5, 0.6) is 0 Å². The molecule has 2 heterocycles. The average molecular weight is 428 g/mol. The van der Waals surface area contributed by atoms with E-state index in [0.29, 0.717) is 31.6 Å². The van der Waals surface area contributed by atoms with Gasteiger partial charge in [-0.1, -0.05) is 54.6 Å². The van der Waals surface area contributed by atoms with Gasteiger partial charge in [0.1, 0.15) is 6.54 Å². The number of carbonyl (C=O) groups is 3.